The minimum atomic E-state index is -0.969. The average molecular weight is 376 g/mol. The summed E-state index contributed by atoms with van der Waals surface area (Å²) in [4.78, 5) is 37.4. The van der Waals surface area contributed by atoms with Crippen molar-refractivity contribution in [1.82, 2.24) is 0 Å². The van der Waals surface area contributed by atoms with Gasteiger partial charge < -0.3 is 16.2 Å². The lowest BCUT2D eigenvalue weighted by Crippen LogP contribution is -2.35. The molecule has 7 heteroatoms. The molecule has 1 aromatic heterocycles. The van der Waals surface area contributed by atoms with Crippen LogP contribution in [0.5, 0.6) is 0 Å². The molecule has 1 heterocycles. The van der Waals surface area contributed by atoms with Crippen molar-refractivity contribution in [2.24, 2.45) is 17.6 Å². The highest BCUT2D eigenvalue weighted by Crippen LogP contribution is 2.38. The normalized spacial score (nSPS) is 22.8. The van der Waals surface area contributed by atoms with Crippen LogP contribution in [-0.2, 0) is 22.4 Å². The van der Waals surface area contributed by atoms with Crippen LogP contribution in [0.4, 0.5) is 5.00 Å². The first-order valence-corrected chi connectivity index (χ1v) is 9.93. The van der Waals surface area contributed by atoms with Gasteiger partial charge >= 0.3 is 5.97 Å². The summed E-state index contributed by atoms with van der Waals surface area (Å²) in [5, 5.41) is 12.7. The van der Waals surface area contributed by atoms with E-state index in [1.54, 1.807) is 6.08 Å². The summed E-state index contributed by atoms with van der Waals surface area (Å²) in [6.07, 6.45) is 10.4. The van der Waals surface area contributed by atoms with Crippen molar-refractivity contribution < 1.29 is 19.5 Å². The predicted octanol–water partition coefficient (Wildman–Crippen LogP) is 3.11. The molecule has 0 aromatic carbocycles. The molecule has 2 amide bonds. The van der Waals surface area contributed by atoms with E-state index in [1.165, 1.54) is 17.8 Å². The molecule has 1 aromatic rings. The number of carboxylic acids is 1. The van der Waals surface area contributed by atoms with E-state index in [1.807, 2.05) is 6.08 Å². The van der Waals surface area contributed by atoms with E-state index in [-0.39, 0.29) is 5.91 Å². The third kappa shape index (κ3) is 3.82. The number of primary amides is 1. The molecule has 0 radical (unpaired) electrons. The number of carbonyl (C=O) groups is 3. The number of aliphatic carboxylic acids is 1. The van der Waals surface area contributed by atoms with Crippen molar-refractivity contribution in [2.45, 2.75) is 51.4 Å². The maximum atomic E-state index is 12.8. The average Bonchev–Trinajstić information content (AvgIpc) is 2.91. The Kier molecular flexibility index (Phi) is 5.76. The van der Waals surface area contributed by atoms with E-state index in [0.717, 1.165) is 42.5 Å². The Hall–Kier alpha value is -2.15. The number of amides is 2. The van der Waals surface area contributed by atoms with Crippen LogP contribution in [0.3, 0.4) is 0 Å². The van der Waals surface area contributed by atoms with Crippen molar-refractivity contribution in [3.05, 3.63) is 28.2 Å². The van der Waals surface area contributed by atoms with Gasteiger partial charge in [-0.15, -0.1) is 11.3 Å². The van der Waals surface area contributed by atoms with Gasteiger partial charge in [0, 0.05) is 4.88 Å². The van der Waals surface area contributed by atoms with E-state index in [0.29, 0.717) is 23.4 Å². The van der Waals surface area contributed by atoms with Gasteiger partial charge in [0.05, 0.1) is 17.4 Å². The highest BCUT2D eigenvalue weighted by Gasteiger charge is 2.35. The molecule has 2 atom stereocenters. The van der Waals surface area contributed by atoms with Crippen molar-refractivity contribution in [3.8, 4) is 0 Å². The summed E-state index contributed by atoms with van der Waals surface area (Å²) in [6.45, 7) is 0. The second kappa shape index (κ2) is 8.03. The molecule has 4 N–H and O–H groups in total. The Balaban J connectivity index is 1.88. The second-order valence-electron chi connectivity index (χ2n) is 6.97. The van der Waals surface area contributed by atoms with Gasteiger partial charge in [-0.2, -0.15) is 0 Å². The Morgan fingerprint density at radius 3 is 2.35 bits per heavy atom. The Labute approximate surface area is 156 Å². The topological polar surface area (TPSA) is 109 Å². The number of allylic oxidation sites excluding steroid dienone is 2. The smallest absolute Gasteiger partial charge is 0.307 e. The predicted molar refractivity (Wildman–Crippen MR) is 100 cm³/mol. The molecule has 26 heavy (non-hydrogen) atoms. The number of nitrogens with one attached hydrogen (secondary N) is 1. The fourth-order valence-corrected chi connectivity index (χ4v) is 5.15. The summed E-state index contributed by atoms with van der Waals surface area (Å²) in [5.41, 5.74) is 7.00. The zero-order valence-electron chi connectivity index (χ0n) is 14.6. The van der Waals surface area contributed by atoms with Gasteiger partial charge in [0.1, 0.15) is 5.00 Å². The van der Waals surface area contributed by atoms with E-state index >= 15 is 0 Å². The van der Waals surface area contributed by atoms with Crippen LogP contribution >= 0.6 is 11.3 Å². The molecular formula is C19H24N2O4S. The minimum Gasteiger partial charge on any atom is -0.481 e. The molecular weight excluding hydrogens is 352 g/mol. The molecule has 3 rings (SSSR count). The lowest BCUT2D eigenvalue weighted by atomic mass is 9.82. The van der Waals surface area contributed by atoms with Crippen LogP contribution < -0.4 is 11.1 Å². The Bertz CT molecular complexity index is 753. The van der Waals surface area contributed by atoms with Crippen molar-refractivity contribution >= 4 is 34.1 Å². The number of carbonyl (C=O) groups excluding carboxylic acids is 2. The summed E-state index contributed by atoms with van der Waals surface area (Å²) >= 11 is 1.42. The minimum absolute atomic E-state index is 0.344. The fraction of sp³-hybridized carbons (Fsp3) is 0.526. The number of hydrogen-bond acceptors (Lipinski definition) is 4. The van der Waals surface area contributed by atoms with Crippen molar-refractivity contribution in [2.75, 3.05) is 5.32 Å². The Morgan fingerprint density at radius 1 is 1.04 bits per heavy atom. The number of rotatable bonds is 4. The van der Waals surface area contributed by atoms with E-state index in [2.05, 4.69) is 5.32 Å². The highest BCUT2D eigenvalue weighted by atomic mass is 32.1. The first-order valence-electron chi connectivity index (χ1n) is 9.12. The van der Waals surface area contributed by atoms with Gasteiger partial charge in [-0.1, -0.05) is 25.0 Å². The van der Waals surface area contributed by atoms with Crippen LogP contribution in [0.25, 0.3) is 0 Å². The van der Waals surface area contributed by atoms with E-state index < -0.39 is 23.7 Å². The third-order valence-corrected chi connectivity index (χ3v) is 6.45. The molecule has 0 unspecified atom stereocenters. The molecule has 0 saturated heterocycles. The number of hydrogen-bond donors (Lipinski definition) is 3. The summed E-state index contributed by atoms with van der Waals surface area (Å²) in [5.74, 6) is -3.22. The zero-order chi connectivity index (χ0) is 18.7. The molecule has 0 bridgehead atoms. The van der Waals surface area contributed by atoms with E-state index in [9.17, 15) is 19.5 Å². The number of anilines is 1. The number of carboxylic acid groups (broad SMARTS) is 1. The summed E-state index contributed by atoms with van der Waals surface area (Å²) in [7, 11) is 0. The number of thiophene rings is 1. The molecule has 0 aliphatic heterocycles. The lowest BCUT2D eigenvalue weighted by molar-refractivity contribution is -0.146. The van der Waals surface area contributed by atoms with Crippen molar-refractivity contribution in [3.63, 3.8) is 0 Å². The third-order valence-electron chi connectivity index (χ3n) is 5.24. The van der Waals surface area contributed by atoms with Crippen LogP contribution in [0.15, 0.2) is 12.2 Å². The van der Waals surface area contributed by atoms with Gasteiger partial charge in [-0.25, -0.2) is 0 Å². The SMILES string of the molecule is NC(=O)c1c(NC(=O)[C@H]2CC=CC[C@@H]2C(=O)O)sc2c1CCCCCC2. The van der Waals surface area contributed by atoms with Crippen molar-refractivity contribution in [1.29, 1.82) is 0 Å². The van der Waals surface area contributed by atoms with Gasteiger partial charge in [0.2, 0.25) is 5.91 Å². The van der Waals surface area contributed by atoms with Gasteiger partial charge in [-0.3, -0.25) is 14.4 Å². The van der Waals surface area contributed by atoms with Gasteiger partial charge in [-0.05, 0) is 44.1 Å². The number of nitrogens with two attached hydrogens (primary N) is 1. The fourth-order valence-electron chi connectivity index (χ4n) is 3.85. The molecule has 2 aliphatic rings. The highest BCUT2D eigenvalue weighted by molar-refractivity contribution is 7.17. The lowest BCUT2D eigenvalue weighted by Gasteiger charge is -2.24. The monoisotopic (exact) mass is 376 g/mol. The van der Waals surface area contributed by atoms with E-state index in [4.69, 9.17) is 5.73 Å². The molecule has 0 fully saturated rings. The van der Waals surface area contributed by atoms with Crippen LogP contribution in [0.1, 0.15) is 59.3 Å². The standard InChI is InChI=1S/C19H24N2O4S/c20-16(22)15-13-9-3-1-2-4-10-14(13)26-18(15)21-17(23)11-7-5-6-8-12(11)19(24)25/h5-6,11-12H,1-4,7-10H2,(H2,20,22)(H,21,23)(H,24,25)/t11-,12-/m0/s1. The number of aryl methyl sites for hydroxylation is 1. The zero-order valence-corrected chi connectivity index (χ0v) is 15.4. The summed E-state index contributed by atoms with van der Waals surface area (Å²) in [6, 6.07) is 0. The van der Waals surface area contributed by atoms with Gasteiger partial charge in [0.25, 0.3) is 5.91 Å². The molecule has 140 valence electrons. The molecule has 0 saturated carbocycles. The largest absolute Gasteiger partial charge is 0.481 e. The van der Waals surface area contributed by atoms with Crippen LogP contribution in [0.2, 0.25) is 0 Å². The first-order chi connectivity index (χ1) is 12.5. The number of fused-ring (bicyclic) bond motifs is 1. The maximum absolute atomic E-state index is 12.8. The quantitative estimate of drug-likeness (QED) is 0.701. The second-order valence-corrected chi connectivity index (χ2v) is 8.07. The van der Waals surface area contributed by atoms with Gasteiger partial charge in [0.15, 0.2) is 0 Å². The van der Waals surface area contributed by atoms with Crippen LogP contribution in [-0.4, -0.2) is 22.9 Å². The van der Waals surface area contributed by atoms with Crippen LogP contribution in [0, 0.1) is 11.8 Å². The molecule has 0 spiro atoms. The maximum Gasteiger partial charge on any atom is 0.307 e. The molecule has 2 aliphatic carbocycles. The first kappa shape index (κ1) is 18.6. The molecule has 6 nitrogen and oxygen atoms in total. The Morgan fingerprint density at radius 2 is 1.69 bits per heavy atom. The summed E-state index contributed by atoms with van der Waals surface area (Å²) < 4.78 is 0.